The molecule has 0 N–H and O–H groups in total. The van der Waals surface area contributed by atoms with Crippen molar-refractivity contribution in [1.29, 1.82) is 5.26 Å². The molecule has 0 radical (unpaired) electrons. The minimum Gasteiger partial charge on any atom is -0.452 e. The van der Waals surface area contributed by atoms with Crippen molar-refractivity contribution in [2.45, 2.75) is 54.9 Å². The van der Waals surface area contributed by atoms with E-state index in [1.165, 1.54) is 4.90 Å². The molecule has 5 nitrogen and oxygen atoms in total. The van der Waals surface area contributed by atoms with Crippen LogP contribution in [0.2, 0.25) is 0 Å². The van der Waals surface area contributed by atoms with E-state index < -0.39 is 5.97 Å². The van der Waals surface area contributed by atoms with Gasteiger partial charge in [-0.05, 0) is 99.5 Å². The van der Waals surface area contributed by atoms with Crippen molar-refractivity contribution < 1.29 is 14.3 Å². The Labute approximate surface area is 179 Å². The Balaban J connectivity index is 2.25. The van der Waals surface area contributed by atoms with E-state index in [0.717, 1.165) is 38.9 Å². The molecule has 5 heteroatoms. The SMILES string of the molecule is Cc1cc(C)cc(N(CCC#N)C(=O)COC(=O)c2c(C)c(C)c(C)c(C)c2C)c1. The molecule has 0 heterocycles. The van der Waals surface area contributed by atoms with Gasteiger partial charge in [0.2, 0.25) is 0 Å². The Morgan fingerprint density at radius 2 is 1.37 bits per heavy atom. The first kappa shape index (κ1) is 23.2. The van der Waals surface area contributed by atoms with Crippen molar-refractivity contribution in [3.05, 3.63) is 62.7 Å². The molecule has 0 unspecified atom stereocenters. The molecule has 0 bridgehead atoms. The molecule has 1 amide bonds. The van der Waals surface area contributed by atoms with Crippen molar-refractivity contribution in [3.8, 4) is 6.07 Å². The summed E-state index contributed by atoms with van der Waals surface area (Å²) in [6.45, 7) is 13.6. The monoisotopic (exact) mass is 406 g/mol. The summed E-state index contributed by atoms with van der Waals surface area (Å²) in [6.07, 6.45) is 0.196. The van der Waals surface area contributed by atoms with Gasteiger partial charge >= 0.3 is 5.97 Å². The van der Waals surface area contributed by atoms with Crippen LogP contribution in [0.1, 0.15) is 55.7 Å². The predicted molar refractivity (Wildman–Crippen MR) is 119 cm³/mol. The normalized spacial score (nSPS) is 10.5. The number of nitriles is 1. The van der Waals surface area contributed by atoms with E-state index >= 15 is 0 Å². The molecule has 2 rings (SSSR count). The molecule has 0 saturated carbocycles. The number of nitrogens with zero attached hydrogens (tertiary/aromatic N) is 2. The first-order valence-corrected chi connectivity index (χ1v) is 10.1. The smallest absolute Gasteiger partial charge is 0.339 e. The fourth-order valence-corrected chi connectivity index (χ4v) is 3.75. The number of hydrogen-bond donors (Lipinski definition) is 0. The molecule has 0 aliphatic heterocycles. The number of rotatable bonds is 6. The molecule has 0 aliphatic rings. The van der Waals surface area contributed by atoms with Gasteiger partial charge in [-0.15, -0.1) is 0 Å². The maximum atomic E-state index is 12.9. The number of aryl methyl sites for hydroxylation is 2. The fourth-order valence-electron chi connectivity index (χ4n) is 3.75. The van der Waals surface area contributed by atoms with E-state index in [2.05, 4.69) is 6.07 Å². The third-order valence-electron chi connectivity index (χ3n) is 5.80. The van der Waals surface area contributed by atoms with Crippen LogP contribution in [0.15, 0.2) is 18.2 Å². The number of esters is 1. The topological polar surface area (TPSA) is 70.4 Å². The first-order valence-electron chi connectivity index (χ1n) is 10.1. The van der Waals surface area contributed by atoms with Gasteiger partial charge in [-0.25, -0.2) is 4.79 Å². The van der Waals surface area contributed by atoms with Gasteiger partial charge in [0.1, 0.15) is 0 Å². The Kier molecular flexibility index (Phi) is 7.39. The summed E-state index contributed by atoms with van der Waals surface area (Å²) in [6, 6.07) is 7.88. The summed E-state index contributed by atoms with van der Waals surface area (Å²) >= 11 is 0. The zero-order valence-electron chi connectivity index (χ0n) is 19.0. The van der Waals surface area contributed by atoms with Crippen LogP contribution in [0.3, 0.4) is 0 Å². The molecule has 0 fully saturated rings. The maximum absolute atomic E-state index is 12.9. The van der Waals surface area contributed by atoms with Crippen molar-refractivity contribution in [1.82, 2.24) is 0 Å². The van der Waals surface area contributed by atoms with Crippen molar-refractivity contribution >= 4 is 17.6 Å². The van der Waals surface area contributed by atoms with E-state index in [-0.39, 0.29) is 25.5 Å². The van der Waals surface area contributed by atoms with Gasteiger partial charge in [0.05, 0.1) is 18.1 Å². The van der Waals surface area contributed by atoms with Gasteiger partial charge in [-0.2, -0.15) is 5.26 Å². The van der Waals surface area contributed by atoms with Crippen LogP contribution in [0.5, 0.6) is 0 Å². The number of amides is 1. The number of hydrogen-bond acceptors (Lipinski definition) is 4. The highest BCUT2D eigenvalue weighted by Gasteiger charge is 2.22. The third kappa shape index (κ3) is 4.88. The second kappa shape index (κ2) is 9.58. The van der Waals surface area contributed by atoms with Gasteiger partial charge in [-0.1, -0.05) is 6.07 Å². The Bertz CT molecular complexity index is 982. The summed E-state index contributed by atoms with van der Waals surface area (Å²) in [5.41, 5.74) is 8.31. The highest BCUT2D eigenvalue weighted by Crippen LogP contribution is 2.27. The maximum Gasteiger partial charge on any atom is 0.339 e. The molecule has 0 aromatic heterocycles. The Morgan fingerprint density at radius 1 is 0.867 bits per heavy atom. The highest BCUT2D eigenvalue weighted by atomic mass is 16.5. The second-order valence-corrected chi connectivity index (χ2v) is 7.88. The lowest BCUT2D eigenvalue weighted by atomic mass is 9.90. The van der Waals surface area contributed by atoms with Gasteiger partial charge < -0.3 is 9.64 Å². The number of ether oxygens (including phenoxy) is 1. The average Bonchev–Trinajstić information content (AvgIpc) is 2.69. The van der Waals surface area contributed by atoms with Crippen LogP contribution >= 0.6 is 0 Å². The van der Waals surface area contributed by atoms with Gasteiger partial charge in [0.25, 0.3) is 5.91 Å². The molecule has 0 saturated heterocycles. The summed E-state index contributed by atoms with van der Waals surface area (Å²) in [4.78, 5) is 27.3. The molecule has 2 aromatic carbocycles. The lowest BCUT2D eigenvalue weighted by Crippen LogP contribution is -2.35. The van der Waals surface area contributed by atoms with Crippen LogP contribution in [0.4, 0.5) is 5.69 Å². The van der Waals surface area contributed by atoms with Crippen molar-refractivity contribution in [2.75, 3.05) is 18.1 Å². The Morgan fingerprint density at radius 3 is 1.87 bits per heavy atom. The molecule has 158 valence electrons. The number of carbonyl (C=O) groups is 2. The lowest BCUT2D eigenvalue weighted by molar-refractivity contribution is -0.121. The average molecular weight is 407 g/mol. The number of benzene rings is 2. The molecule has 30 heavy (non-hydrogen) atoms. The zero-order valence-corrected chi connectivity index (χ0v) is 19.0. The van der Waals surface area contributed by atoms with E-state index in [4.69, 9.17) is 10.00 Å². The molecular formula is C25H30N2O3. The standard InChI is InChI=1S/C25H30N2O3/c1-15-11-16(2)13-22(12-15)27(10-8-9-26)23(28)14-30-25(29)24-20(6)18(4)17(3)19(5)21(24)7/h11-13H,8,10,14H2,1-7H3. The van der Waals surface area contributed by atoms with Crippen LogP contribution in [0, 0.1) is 59.8 Å². The summed E-state index contributed by atoms with van der Waals surface area (Å²) in [5, 5.41) is 8.98. The largest absolute Gasteiger partial charge is 0.452 e. The van der Waals surface area contributed by atoms with E-state index in [9.17, 15) is 9.59 Å². The zero-order chi connectivity index (χ0) is 22.6. The van der Waals surface area contributed by atoms with E-state index in [1.807, 2.05) is 66.7 Å². The van der Waals surface area contributed by atoms with Gasteiger partial charge in [0.15, 0.2) is 6.61 Å². The molecule has 2 aromatic rings. The van der Waals surface area contributed by atoms with Crippen LogP contribution < -0.4 is 4.90 Å². The predicted octanol–water partition coefficient (Wildman–Crippen LogP) is 4.95. The lowest BCUT2D eigenvalue weighted by Gasteiger charge is -2.23. The Hall–Kier alpha value is -3.13. The first-order chi connectivity index (χ1) is 14.1. The van der Waals surface area contributed by atoms with Crippen molar-refractivity contribution in [2.24, 2.45) is 0 Å². The van der Waals surface area contributed by atoms with Crippen molar-refractivity contribution in [3.63, 3.8) is 0 Å². The summed E-state index contributed by atoms with van der Waals surface area (Å²) in [5.74, 6) is -0.843. The number of anilines is 1. The molecular weight excluding hydrogens is 376 g/mol. The quantitative estimate of drug-likeness (QED) is 0.637. The molecule has 0 aliphatic carbocycles. The van der Waals surface area contributed by atoms with Crippen LogP contribution in [0.25, 0.3) is 0 Å². The molecule has 0 spiro atoms. The summed E-state index contributed by atoms with van der Waals surface area (Å²) < 4.78 is 5.43. The minimum atomic E-state index is -0.495. The molecule has 0 atom stereocenters. The highest BCUT2D eigenvalue weighted by molar-refractivity contribution is 5.98. The second-order valence-electron chi connectivity index (χ2n) is 7.88. The fraction of sp³-hybridized carbons (Fsp3) is 0.400. The van der Waals surface area contributed by atoms with E-state index in [1.54, 1.807) is 0 Å². The summed E-state index contributed by atoms with van der Waals surface area (Å²) in [7, 11) is 0. The third-order valence-corrected chi connectivity index (χ3v) is 5.80. The van der Waals surface area contributed by atoms with Gasteiger partial charge in [0, 0.05) is 12.2 Å². The minimum absolute atomic E-state index is 0.196. The van der Waals surface area contributed by atoms with Crippen LogP contribution in [-0.4, -0.2) is 25.0 Å². The number of carbonyl (C=O) groups excluding carboxylic acids is 2. The van der Waals surface area contributed by atoms with Gasteiger partial charge in [-0.3, -0.25) is 4.79 Å². The van der Waals surface area contributed by atoms with E-state index in [0.29, 0.717) is 11.3 Å². The van der Waals surface area contributed by atoms with Crippen LogP contribution in [-0.2, 0) is 9.53 Å².